The predicted molar refractivity (Wildman–Crippen MR) is 181 cm³/mol. The Morgan fingerprint density at radius 3 is 1.42 bits per heavy atom. The summed E-state index contributed by atoms with van der Waals surface area (Å²) in [6.07, 6.45) is 3.05. The number of esters is 1. The first-order valence-corrected chi connectivity index (χ1v) is 17.1. The number of carbonyl (C=O) groups excluding carboxylic acids is 1. The van der Waals surface area contributed by atoms with Crippen LogP contribution in [0.2, 0.25) is 0 Å². The Kier molecular flexibility index (Phi) is 12.9. The van der Waals surface area contributed by atoms with Gasteiger partial charge in [-0.1, -0.05) is 91.5 Å². The number of hydrogen-bond acceptors (Lipinski definition) is 5. The van der Waals surface area contributed by atoms with Gasteiger partial charge in [0.25, 0.3) is 10.1 Å². The van der Waals surface area contributed by atoms with Crippen molar-refractivity contribution in [3.05, 3.63) is 169 Å². The summed E-state index contributed by atoms with van der Waals surface area (Å²) in [6, 6.07) is 45.8. The summed E-state index contributed by atoms with van der Waals surface area (Å²) in [7, 11) is -4.43. The van der Waals surface area contributed by atoms with Crippen LogP contribution in [0, 0.1) is 0 Å². The molecule has 0 atom stereocenters. The summed E-state index contributed by atoms with van der Waals surface area (Å²) in [5.41, 5.74) is 0.310. The van der Waals surface area contributed by atoms with Crippen LogP contribution in [0.5, 0.6) is 0 Å². The second-order valence-corrected chi connectivity index (χ2v) is 14.4. The summed E-state index contributed by atoms with van der Waals surface area (Å²) in [5, 5.41) is 12.8. The molecule has 0 aliphatic carbocycles. The SMILES string of the molecule is C=CC[P+](c1ccccc1)(c1ccccc1)c1ccccc1.COC(=O)c1cccc(C(=O)O)c1.O=S(=O)(O)c1ccccc1. The van der Waals surface area contributed by atoms with Gasteiger partial charge in [-0.2, -0.15) is 8.42 Å². The molecule has 9 heteroatoms. The first-order chi connectivity index (χ1) is 21.6. The average Bonchev–Trinajstić information content (AvgIpc) is 3.08. The van der Waals surface area contributed by atoms with E-state index in [1.807, 2.05) is 0 Å². The molecule has 0 radical (unpaired) electrons. The van der Waals surface area contributed by atoms with Crippen LogP contribution in [0.1, 0.15) is 20.7 Å². The van der Waals surface area contributed by atoms with Crippen LogP contribution in [0.15, 0.2) is 163 Å². The summed E-state index contributed by atoms with van der Waals surface area (Å²) in [6.45, 7) is 4.05. The van der Waals surface area contributed by atoms with Crippen LogP contribution >= 0.6 is 7.26 Å². The number of ether oxygens (including phenoxy) is 1. The quantitative estimate of drug-likeness (QED) is 0.0888. The van der Waals surface area contributed by atoms with E-state index in [2.05, 4.69) is 108 Å². The molecule has 0 spiro atoms. The highest BCUT2D eigenvalue weighted by molar-refractivity contribution is 7.95. The van der Waals surface area contributed by atoms with E-state index in [1.54, 1.807) is 18.2 Å². The number of carboxylic acid groups (broad SMARTS) is 1. The minimum absolute atomic E-state index is 0.0721. The summed E-state index contributed by atoms with van der Waals surface area (Å²) < 4.78 is 33.7. The Morgan fingerprint density at radius 1 is 0.689 bits per heavy atom. The second kappa shape index (κ2) is 16.8. The standard InChI is InChI=1S/C21H20P.C9H8O4.C6H6O3S/c1-2-18-22(19-12-6-3-7-13-19,20-14-8-4-9-15-20)21-16-10-5-11-17-21;1-13-9(12)7-4-2-3-6(5-7)8(10)11;7-10(8,9)6-4-2-1-3-5-6/h2-17H,1,18H2;2-5H,1H3,(H,10,11);1-5H,(H,7,8,9)/q+1;;. The van der Waals surface area contributed by atoms with Crippen molar-refractivity contribution in [2.45, 2.75) is 4.90 Å². The number of aromatic carboxylic acids is 1. The van der Waals surface area contributed by atoms with Gasteiger partial charge in [-0.15, -0.1) is 0 Å². The molecular weight excluding hydrogens is 607 g/mol. The lowest BCUT2D eigenvalue weighted by Gasteiger charge is -2.26. The minimum atomic E-state index is -4.00. The van der Waals surface area contributed by atoms with Crippen LogP contribution in [-0.2, 0) is 14.9 Å². The zero-order chi connectivity index (χ0) is 32.7. The van der Waals surface area contributed by atoms with Gasteiger partial charge < -0.3 is 9.84 Å². The number of methoxy groups -OCH3 is 1. The summed E-state index contributed by atoms with van der Waals surface area (Å²) in [5.74, 6) is -1.60. The van der Waals surface area contributed by atoms with Crippen molar-refractivity contribution in [2.75, 3.05) is 13.3 Å². The zero-order valence-electron chi connectivity index (χ0n) is 24.6. The van der Waals surface area contributed by atoms with Crippen molar-refractivity contribution in [1.29, 1.82) is 0 Å². The number of carbonyl (C=O) groups is 2. The van der Waals surface area contributed by atoms with Gasteiger partial charge in [0.15, 0.2) is 0 Å². The van der Waals surface area contributed by atoms with E-state index in [4.69, 9.17) is 9.66 Å². The molecule has 0 aliphatic heterocycles. The molecule has 5 rings (SSSR count). The maximum absolute atomic E-state index is 11.0. The molecule has 0 bridgehead atoms. The van der Waals surface area contributed by atoms with E-state index in [0.29, 0.717) is 0 Å². The van der Waals surface area contributed by atoms with E-state index in [-0.39, 0.29) is 16.0 Å². The lowest BCUT2D eigenvalue weighted by Crippen LogP contribution is -2.32. The van der Waals surface area contributed by atoms with Gasteiger partial charge in [-0.25, -0.2) is 9.59 Å². The Morgan fingerprint density at radius 2 is 1.09 bits per heavy atom. The molecule has 0 aliphatic rings. The molecular formula is C36H34O7PS+. The zero-order valence-corrected chi connectivity index (χ0v) is 26.4. The highest BCUT2D eigenvalue weighted by Gasteiger charge is 2.43. The fourth-order valence-corrected chi connectivity index (χ4v) is 8.95. The van der Waals surface area contributed by atoms with Gasteiger partial charge in [0.2, 0.25) is 0 Å². The van der Waals surface area contributed by atoms with E-state index in [1.165, 1.54) is 59.4 Å². The molecule has 0 unspecified atom stereocenters. The van der Waals surface area contributed by atoms with Crippen LogP contribution < -0.4 is 15.9 Å². The van der Waals surface area contributed by atoms with Crippen molar-refractivity contribution in [2.24, 2.45) is 0 Å². The lowest BCUT2D eigenvalue weighted by molar-refractivity contribution is 0.0600. The molecule has 0 amide bonds. The smallest absolute Gasteiger partial charge is 0.337 e. The van der Waals surface area contributed by atoms with E-state index < -0.39 is 29.3 Å². The number of benzene rings is 5. The third kappa shape index (κ3) is 9.55. The summed E-state index contributed by atoms with van der Waals surface area (Å²) >= 11 is 0. The highest BCUT2D eigenvalue weighted by Crippen LogP contribution is 2.55. The normalized spacial score (nSPS) is 10.6. The maximum atomic E-state index is 11.0. The van der Waals surface area contributed by atoms with Gasteiger partial charge in [-0.3, -0.25) is 4.55 Å². The molecule has 230 valence electrons. The molecule has 2 N–H and O–H groups in total. The van der Waals surface area contributed by atoms with Gasteiger partial charge in [0.05, 0.1) is 29.3 Å². The maximum Gasteiger partial charge on any atom is 0.337 e. The van der Waals surface area contributed by atoms with Gasteiger partial charge in [0.1, 0.15) is 23.2 Å². The number of rotatable bonds is 8. The molecule has 0 saturated heterocycles. The van der Waals surface area contributed by atoms with Gasteiger partial charge in [0, 0.05) is 0 Å². The van der Waals surface area contributed by atoms with Gasteiger partial charge in [-0.05, 0) is 66.7 Å². The fourth-order valence-electron chi connectivity index (χ4n) is 4.49. The molecule has 0 saturated carbocycles. The van der Waals surface area contributed by atoms with Crippen molar-refractivity contribution >= 4 is 45.2 Å². The van der Waals surface area contributed by atoms with Crippen LogP contribution in [-0.4, -0.2) is 43.3 Å². The molecule has 0 aromatic heterocycles. The largest absolute Gasteiger partial charge is 0.478 e. The average molecular weight is 642 g/mol. The summed E-state index contributed by atoms with van der Waals surface area (Å²) in [4.78, 5) is 21.4. The number of allylic oxidation sites excluding steroid dienone is 1. The van der Waals surface area contributed by atoms with E-state index >= 15 is 0 Å². The van der Waals surface area contributed by atoms with E-state index in [0.717, 1.165) is 6.16 Å². The third-order valence-electron chi connectivity index (χ3n) is 6.57. The molecule has 5 aromatic carbocycles. The van der Waals surface area contributed by atoms with Crippen molar-refractivity contribution in [1.82, 2.24) is 0 Å². The van der Waals surface area contributed by atoms with Crippen molar-refractivity contribution in [3.63, 3.8) is 0 Å². The Bertz CT molecular complexity index is 1680. The third-order valence-corrected chi connectivity index (χ3v) is 11.8. The topological polar surface area (TPSA) is 118 Å². The Hall–Kier alpha value is -4.88. The molecule has 0 heterocycles. The Balaban J connectivity index is 0.000000204. The first-order valence-electron chi connectivity index (χ1n) is 13.7. The monoisotopic (exact) mass is 641 g/mol. The minimum Gasteiger partial charge on any atom is -0.478 e. The van der Waals surface area contributed by atoms with E-state index in [9.17, 15) is 18.0 Å². The Labute approximate surface area is 264 Å². The highest BCUT2D eigenvalue weighted by atomic mass is 32.2. The van der Waals surface area contributed by atoms with Crippen molar-refractivity contribution < 1.29 is 32.4 Å². The van der Waals surface area contributed by atoms with Crippen LogP contribution in [0.25, 0.3) is 0 Å². The molecule has 45 heavy (non-hydrogen) atoms. The lowest BCUT2D eigenvalue weighted by atomic mass is 10.1. The number of carboxylic acids is 1. The number of hydrogen-bond donors (Lipinski definition) is 2. The van der Waals surface area contributed by atoms with Crippen LogP contribution in [0.3, 0.4) is 0 Å². The van der Waals surface area contributed by atoms with Crippen LogP contribution in [0.4, 0.5) is 0 Å². The predicted octanol–water partition coefficient (Wildman–Crippen LogP) is 6.27. The van der Waals surface area contributed by atoms with Crippen molar-refractivity contribution in [3.8, 4) is 0 Å². The molecule has 0 fully saturated rings. The first kappa shape index (κ1) is 34.6. The fraction of sp³-hybridized carbons (Fsp3) is 0.0556. The second-order valence-electron chi connectivity index (χ2n) is 9.45. The van der Waals surface area contributed by atoms with Gasteiger partial charge >= 0.3 is 11.9 Å². The molecule has 5 aromatic rings. The molecule has 7 nitrogen and oxygen atoms in total.